The highest BCUT2D eigenvalue weighted by molar-refractivity contribution is 7.13. The molecule has 3 aliphatic heterocycles. The summed E-state index contributed by atoms with van der Waals surface area (Å²) in [6, 6.07) is 3.84. The van der Waals surface area contributed by atoms with Gasteiger partial charge in [0.15, 0.2) is 0 Å². The molecule has 28 heavy (non-hydrogen) atoms. The molecule has 2 N–H and O–H groups in total. The van der Waals surface area contributed by atoms with E-state index in [2.05, 4.69) is 15.2 Å². The Morgan fingerprint density at radius 1 is 1.39 bits per heavy atom. The van der Waals surface area contributed by atoms with Gasteiger partial charge in [0.1, 0.15) is 22.7 Å². The standard InChI is InChI=1S/C20H24FN3O3S/c1-20(2,23-19(26)27-16-10-24-7-5-12(16)6-8-24)17-11-28-18(22-17)14-4-3-13(21)9-15(14)25/h3-4,9,11-12,16,25H,5-8,10H2,1-2H3,(H,23,26)/t16-/m1/s1. The molecule has 6 nitrogen and oxygen atoms in total. The van der Waals surface area contributed by atoms with E-state index in [0.29, 0.717) is 22.2 Å². The van der Waals surface area contributed by atoms with Gasteiger partial charge < -0.3 is 15.2 Å². The highest BCUT2D eigenvalue weighted by Crippen LogP contribution is 2.34. The van der Waals surface area contributed by atoms with Crippen LogP contribution in [0.1, 0.15) is 32.4 Å². The molecule has 0 radical (unpaired) electrons. The molecule has 3 saturated heterocycles. The maximum atomic E-state index is 13.2. The van der Waals surface area contributed by atoms with Crippen molar-refractivity contribution in [2.45, 2.75) is 38.3 Å². The molecule has 8 heteroatoms. The van der Waals surface area contributed by atoms with Gasteiger partial charge in [-0.1, -0.05) is 0 Å². The number of hydrogen-bond donors (Lipinski definition) is 2. The Hall–Kier alpha value is -2.19. The zero-order valence-corrected chi connectivity index (χ0v) is 16.8. The van der Waals surface area contributed by atoms with Crippen molar-refractivity contribution in [1.82, 2.24) is 15.2 Å². The first-order valence-electron chi connectivity index (χ1n) is 9.48. The number of aromatic hydroxyl groups is 1. The summed E-state index contributed by atoms with van der Waals surface area (Å²) in [7, 11) is 0. The molecular weight excluding hydrogens is 381 g/mol. The molecule has 0 unspecified atom stereocenters. The lowest BCUT2D eigenvalue weighted by molar-refractivity contribution is -0.0350. The number of carbonyl (C=O) groups excluding carboxylic acids is 1. The number of thiazole rings is 1. The second kappa shape index (κ2) is 7.33. The maximum absolute atomic E-state index is 13.2. The third kappa shape index (κ3) is 3.84. The van der Waals surface area contributed by atoms with Crippen LogP contribution in [0.3, 0.4) is 0 Å². The molecule has 0 saturated carbocycles. The number of hydrogen-bond acceptors (Lipinski definition) is 6. The van der Waals surface area contributed by atoms with Crippen molar-refractivity contribution in [3.8, 4) is 16.3 Å². The number of ether oxygens (including phenoxy) is 1. The van der Waals surface area contributed by atoms with Crippen LogP contribution in [0.4, 0.5) is 9.18 Å². The van der Waals surface area contributed by atoms with E-state index >= 15 is 0 Å². The molecule has 2 bridgehead atoms. The molecule has 5 rings (SSSR count). The number of nitrogens with zero attached hydrogens (tertiary/aromatic N) is 2. The maximum Gasteiger partial charge on any atom is 0.408 e. The Balaban J connectivity index is 1.43. The summed E-state index contributed by atoms with van der Waals surface area (Å²) < 4.78 is 18.9. The van der Waals surface area contributed by atoms with Crippen molar-refractivity contribution in [3.05, 3.63) is 35.1 Å². The Morgan fingerprint density at radius 3 is 2.79 bits per heavy atom. The van der Waals surface area contributed by atoms with Crippen LogP contribution in [0.15, 0.2) is 23.6 Å². The van der Waals surface area contributed by atoms with Gasteiger partial charge in [-0.3, -0.25) is 4.90 Å². The van der Waals surface area contributed by atoms with Gasteiger partial charge in [0.25, 0.3) is 0 Å². The minimum Gasteiger partial charge on any atom is -0.507 e. The first-order valence-corrected chi connectivity index (χ1v) is 10.4. The third-order valence-corrected chi connectivity index (χ3v) is 6.48. The Bertz CT molecular complexity index is 877. The lowest BCUT2D eigenvalue weighted by Crippen LogP contribution is -2.53. The van der Waals surface area contributed by atoms with Gasteiger partial charge in [0, 0.05) is 18.0 Å². The van der Waals surface area contributed by atoms with Crippen LogP contribution in [-0.2, 0) is 10.3 Å². The number of alkyl carbamates (subject to hydrolysis) is 1. The van der Waals surface area contributed by atoms with E-state index in [4.69, 9.17) is 4.74 Å². The SMILES string of the molecule is CC(C)(NC(=O)O[C@@H]1CN2CCC1CC2)c1csc(-c2ccc(F)cc2O)n1. The summed E-state index contributed by atoms with van der Waals surface area (Å²) in [4.78, 5) is 19.4. The van der Waals surface area contributed by atoms with Crippen LogP contribution in [0.2, 0.25) is 0 Å². The topological polar surface area (TPSA) is 74.7 Å². The number of piperidine rings is 3. The van der Waals surface area contributed by atoms with Crippen molar-refractivity contribution in [3.63, 3.8) is 0 Å². The van der Waals surface area contributed by atoms with E-state index in [1.54, 1.807) is 0 Å². The largest absolute Gasteiger partial charge is 0.507 e. The summed E-state index contributed by atoms with van der Waals surface area (Å²) in [5, 5.41) is 15.3. The molecule has 1 aromatic heterocycles. The lowest BCUT2D eigenvalue weighted by atomic mass is 9.86. The number of phenolic OH excluding ortho intramolecular Hbond substituents is 1. The average Bonchev–Trinajstić information content (AvgIpc) is 3.13. The number of carbonyl (C=O) groups is 1. The van der Waals surface area contributed by atoms with Gasteiger partial charge in [-0.2, -0.15) is 0 Å². The predicted octanol–water partition coefficient (Wildman–Crippen LogP) is 3.71. The van der Waals surface area contributed by atoms with E-state index in [1.807, 2.05) is 19.2 Å². The normalized spacial score (nSPS) is 24.2. The number of aromatic nitrogens is 1. The van der Waals surface area contributed by atoms with Gasteiger partial charge >= 0.3 is 6.09 Å². The summed E-state index contributed by atoms with van der Waals surface area (Å²) >= 11 is 1.33. The summed E-state index contributed by atoms with van der Waals surface area (Å²) in [6.45, 7) is 6.70. The fourth-order valence-corrected chi connectivity index (χ4v) is 4.92. The second-order valence-corrected chi connectivity index (χ2v) is 8.89. The number of rotatable bonds is 4. The molecule has 3 aliphatic rings. The van der Waals surface area contributed by atoms with Crippen LogP contribution in [0, 0.1) is 11.7 Å². The molecule has 1 atom stereocenters. The molecule has 3 fully saturated rings. The first-order chi connectivity index (χ1) is 13.3. The number of fused-ring (bicyclic) bond motifs is 3. The Labute approximate surface area is 167 Å². The quantitative estimate of drug-likeness (QED) is 0.811. The van der Waals surface area contributed by atoms with Crippen LogP contribution in [0.5, 0.6) is 5.75 Å². The van der Waals surface area contributed by atoms with Gasteiger partial charge in [0.05, 0.1) is 16.8 Å². The Morgan fingerprint density at radius 2 is 2.14 bits per heavy atom. The van der Waals surface area contributed by atoms with Crippen molar-refractivity contribution >= 4 is 17.4 Å². The van der Waals surface area contributed by atoms with Crippen molar-refractivity contribution in [2.75, 3.05) is 19.6 Å². The number of amides is 1. The van der Waals surface area contributed by atoms with Crippen LogP contribution in [0.25, 0.3) is 10.6 Å². The van der Waals surface area contributed by atoms with Crippen molar-refractivity contribution < 1.29 is 19.0 Å². The summed E-state index contributed by atoms with van der Waals surface area (Å²) in [5.74, 6) is -0.213. The van der Waals surface area contributed by atoms with Crippen molar-refractivity contribution in [2.24, 2.45) is 5.92 Å². The van der Waals surface area contributed by atoms with Gasteiger partial charge in [0.2, 0.25) is 0 Å². The lowest BCUT2D eigenvalue weighted by Gasteiger charge is -2.44. The third-order valence-electron chi connectivity index (χ3n) is 5.60. The van der Waals surface area contributed by atoms with E-state index in [0.717, 1.165) is 38.5 Å². The number of nitrogens with one attached hydrogen (secondary N) is 1. The van der Waals surface area contributed by atoms with E-state index in [1.165, 1.54) is 23.5 Å². The monoisotopic (exact) mass is 405 g/mol. The van der Waals surface area contributed by atoms with Gasteiger partial charge in [-0.15, -0.1) is 11.3 Å². The highest BCUT2D eigenvalue weighted by atomic mass is 32.1. The fourth-order valence-electron chi connectivity index (χ4n) is 3.90. The zero-order valence-electron chi connectivity index (χ0n) is 15.9. The van der Waals surface area contributed by atoms with Crippen molar-refractivity contribution in [1.29, 1.82) is 0 Å². The highest BCUT2D eigenvalue weighted by Gasteiger charge is 2.37. The number of benzene rings is 1. The number of phenols is 1. The first kappa shape index (κ1) is 19.1. The molecule has 1 aromatic carbocycles. The van der Waals surface area contributed by atoms with Gasteiger partial charge in [-0.25, -0.2) is 14.2 Å². The van der Waals surface area contributed by atoms with Crippen LogP contribution >= 0.6 is 11.3 Å². The molecule has 4 heterocycles. The average molecular weight is 405 g/mol. The molecular formula is C20H24FN3O3S. The molecule has 0 aliphatic carbocycles. The molecule has 2 aromatic rings. The number of halogens is 1. The van der Waals surface area contributed by atoms with Gasteiger partial charge in [-0.05, 0) is 57.8 Å². The van der Waals surface area contributed by atoms with E-state index in [-0.39, 0.29) is 11.9 Å². The second-order valence-electron chi connectivity index (χ2n) is 8.03. The molecule has 150 valence electrons. The summed E-state index contributed by atoms with van der Waals surface area (Å²) in [6.07, 6.45) is 1.67. The van der Waals surface area contributed by atoms with Crippen LogP contribution < -0.4 is 5.32 Å². The van der Waals surface area contributed by atoms with E-state index < -0.39 is 17.4 Å². The Kier molecular flexibility index (Phi) is 5.01. The van der Waals surface area contributed by atoms with E-state index in [9.17, 15) is 14.3 Å². The molecule has 0 spiro atoms. The minimum atomic E-state index is -0.741. The smallest absolute Gasteiger partial charge is 0.408 e. The molecule has 1 amide bonds. The fraction of sp³-hybridized carbons (Fsp3) is 0.500. The predicted molar refractivity (Wildman–Crippen MR) is 105 cm³/mol. The minimum absolute atomic E-state index is 0.0551. The summed E-state index contributed by atoms with van der Waals surface area (Å²) in [5.41, 5.74) is 0.375. The van der Waals surface area contributed by atoms with Crippen LogP contribution in [-0.4, -0.2) is 46.8 Å². The zero-order chi connectivity index (χ0) is 19.9.